The van der Waals surface area contributed by atoms with Crippen LogP contribution in [0.2, 0.25) is 0 Å². The van der Waals surface area contributed by atoms with Crippen LogP contribution in [0.25, 0.3) is 0 Å². The van der Waals surface area contributed by atoms with Crippen LogP contribution in [0.3, 0.4) is 0 Å². The average molecular weight is 189 g/mol. The van der Waals surface area contributed by atoms with Gasteiger partial charge < -0.3 is 0 Å². The molecule has 1 aromatic rings. The fraction of sp³-hybridized carbons (Fsp3) is 0.429. The van der Waals surface area contributed by atoms with Gasteiger partial charge in [-0.1, -0.05) is 11.8 Å². The van der Waals surface area contributed by atoms with Crippen molar-refractivity contribution in [3.05, 3.63) is 18.0 Å². The molecule has 0 N–H and O–H groups in total. The summed E-state index contributed by atoms with van der Waals surface area (Å²) in [6.07, 6.45) is 3.67. The summed E-state index contributed by atoms with van der Waals surface area (Å²) in [5.41, 5.74) is 0.881. The number of hydrogen-bond donors (Lipinski definition) is 0. The van der Waals surface area contributed by atoms with E-state index in [4.69, 9.17) is 11.6 Å². The molecular formula is C7H9ClN2S. The first-order valence-electron chi connectivity index (χ1n) is 3.25. The van der Waals surface area contributed by atoms with Gasteiger partial charge in [0.25, 0.3) is 0 Å². The second-order valence-electron chi connectivity index (χ2n) is 2.08. The van der Waals surface area contributed by atoms with Gasteiger partial charge >= 0.3 is 0 Å². The lowest BCUT2D eigenvalue weighted by molar-refractivity contribution is 0.876. The fourth-order valence-corrected chi connectivity index (χ4v) is 1.16. The lowest BCUT2D eigenvalue weighted by atomic mass is 10.3. The largest absolute Gasteiger partial charge is 0.231 e. The van der Waals surface area contributed by atoms with Crippen LogP contribution >= 0.6 is 23.4 Å². The smallest absolute Gasteiger partial charge is 0.187 e. The molecule has 0 fully saturated rings. The molecule has 0 saturated carbocycles. The summed E-state index contributed by atoms with van der Waals surface area (Å²) in [5.74, 6) is 0. The molecule has 1 rings (SSSR count). The Labute approximate surface area is 75.4 Å². The maximum absolute atomic E-state index is 5.83. The molecule has 4 heteroatoms. The Morgan fingerprint density at radius 3 is 2.91 bits per heavy atom. The topological polar surface area (TPSA) is 25.8 Å². The molecule has 60 valence electrons. The van der Waals surface area contributed by atoms with Crippen molar-refractivity contribution in [3.63, 3.8) is 0 Å². The van der Waals surface area contributed by atoms with E-state index in [2.05, 4.69) is 9.97 Å². The van der Waals surface area contributed by atoms with Crippen LogP contribution in [-0.2, 0) is 0 Å². The van der Waals surface area contributed by atoms with Crippen molar-refractivity contribution in [3.8, 4) is 0 Å². The highest BCUT2D eigenvalue weighted by molar-refractivity contribution is 7.98. The summed E-state index contributed by atoms with van der Waals surface area (Å²) in [7, 11) is 0. The molecule has 0 radical (unpaired) electrons. The fourth-order valence-electron chi connectivity index (χ4n) is 0.674. The first-order chi connectivity index (χ1) is 5.24. The van der Waals surface area contributed by atoms with E-state index in [1.165, 1.54) is 11.8 Å². The number of halogens is 1. The Morgan fingerprint density at radius 2 is 2.36 bits per heavy atom. The molecule has 0 aliphatic rings. The Hall–Kier alpha value is -0.280. The van der Waals surface area contributed by atoms with Gasteiger partial charge in [-0.05, 0) is 19.2 Å². The van der Waals surface area contributed by atoms with Crippen LogP contribution < -0.4 is 0 Å². The lowest BCUT2D eigenvalue weighted by Gasteiger charge is -2.01. The van der Waals surface area contributed by atoms with Crippen LogP contribution in [0.5, 0.6) is 0 Å². The summed E-state index contributed by atoms with van der Waals surface area (Å²) in [5, 5.41) is 0.735. The van der Waals surface area contributed by atoms with Gasteiger partial charge in [0.05, 0.1) is 11.1 Å². The molecule has 0 aliphatic carbocycles. The molecular weight excluding hydrogens is 180 g/mol. The van der Waals surface area contributed by atoms with Crippen LogP contribution in [0.1, 0.15) is 18.0 Å². The molecule has 0 spiro atoms. The SMILES string of the molecule is CSc1nccc(C(C)Cl)n1. The minimum Gasteiger partial charge on any atom is -0.231 e. The average Bonchev–Trinajstić information content (AvgIpc) is 2.05. The van der Waals surface area contributed by atoms with E-state index in [0.717, 1.165) is 10.9 Å². The maximum atomic E-state index is 5.83. The Bertz CT molecular complexity index is 240. The monoisotopic (exact) mass is 188 g/mol. The standard InChI is InChI=1S/C7H9ClN2S/c1-5(8)6-3-4-9-7(10-6)11-2/h3-5H,1-2H3. The van der Waals surface area contributed by atoms with Gasteiger partial charge in [-0.3, -0.25) is 0 Å². The zero-order valence-corrected chi connectivity index (χ0v) is 7.99. The molecule has 0 aliphatic heterocycles. The van der Waals surface area contributed by atoms with Gasteiger partial charge in [0.2, 0.25) is 0 Å². The van der Waals surface area contributed by atoms with Gasteiger partial charge in [-0.2, -0.15) is 0 Å². The molecule has 0 saturated heterocycles. The van der Waals surface area contributed by atoms with E-state index >= 15 is 0 Å². The number of aromatic nitrogens is 2. The van der Waals surface area contributed by atoms with Gasteiger partial charge in [0.1, 0.15) is 0 Å². The molecule has 1 atom stereocenters. The molecule has 1 unspecified atom stereocenters. The number of rotatable bonds is 2. The van der Waals surface area contributed by atoms with Crippen LogP contribution in [0.15, 0.2) is 17.4 Å². The van der Waals surface area contributed by atoms with E-state index in [1.54, 1.807) is 6.20 Å². The summed E-state index contributed by atoms with van der Waals surface area (Å²) >= 11 is 7.35. The second kappa shape index (κ2) is 3.93. The van der Waals surface area contributed by atoms with Crippen LogP contribution in [-0.4, -0.2) is 16.2 Å². The summed E-state index contributed by atoms with van der Waals surface area (Å²) in [6, 6.07) is 1.83. The predicted octanol–water partition coefficient (Wildman–Crippen LogP) is 2.50. The van der Waals surface area contributed by atoms with E-state index < -0.39 is 0 Å². The van der Waals surface area contributed by atoms with E-state index in [0.29, 0.717) is 0 Å². The van der Waals surface area contributed by atoms with Crippen molar-refractivity contribution >= 4 is 23.4 Å². The van der Waals surface area contributed by atoms with E-state index in [1.807, 2.05) is 19.2 Å². The summed E-state index contributed by atoms with van der Waals surface area (Å²) < 4.78 is 0. The van der Waals surface area contributed by atoms with Crippen molar-refractivity contribution in [1.29, 1.82) is 0 Å². The van der Waals surface area contributed by atoms with Crippen molar-refractivity contribution in [1.82, 2.24) is 9.97 Å². The van der Waals surface area contributed by atoms with Gasteiger partial charge in [-0.15, -0.1) is 11.6 Å². The highest BCUT2D eigenvalue weighted by atomic mass is 35.5. The van der Waals surface area contributed by atoms with Crippen molar-refractivity contribution in [2.75, 3.05) is 6.26 Å². The lowest BCUT2D eigenvalue weighted by Crippen LogP contribution is -1.93. The molecule has 0 bridgehead atoms. The van der Waals surface area contributed by atoms with Gasteiger partial charge in [0.15, 0.2) is 5.16 Å². The van der Waals surface area contributed by atoms with E-state index in [9.17, 15) is 0 Å². The molecule has 1 heterocycles. The normalized spacial score (nSPS) is 13.0. The number of thioether (sulfide) groups is 1. The van der Waals surface area contributed by atoms with Gasteiger partial charge in [0, 0.05) is 6.20 Å². The summed E-state index contributed by atoms with van der Waals surface area (Å²) in [4.78, 5) is 8.24. The minimum atomic E-state index is -0.0381. The number of hydrogen-bond acceptors (Lipinski definition) is 3. The predicted molar refractivity (Wildman–Crippen MR) is 48.1 cm³/mol. The zero-order valence-electron chi connectivity index (χ0n) is 6.41. The zero-order chi connectivity index (χ0) is 8.27. The Kier molecular flexibility index (Phi) is 3.15. The summed E-state index contributed by atoms with van der Waals surface area (Å²) in [6.45, 7) is 1.90. The van der Waals surface area contributed by atoms with Crippen molar-refractivity contribution in [2.45, 2.75) is 17.5 Å². The first-order valence-corrected chi connectivity index (χ1v) is 4.91. The molecule has 11 heavy (non-hydrogen) atoms. The third-order valence-corrected chi connectivity index (χ3v) is 2.03. The maximum Gasteiger partial charge on any atom is 0.187 e. The molecule has 0 amide bonds. The molecule has 0 aromatic carbocycles. The van der Waals surface area contributed by atoms with Crippen molar-refractivity contribution < 1.29 is 0 Å². The number of alkyl halides is 1. The van der Waals surface area contributed by atoms with E-state index in [-0.39, 0.29) is 5.38 Å². The highest BCUT2D eigenvalue weighted by Gasteiger charge is 2.02. The first kappa shape index (κ1) is 8.81. The molecule has 2 nitrogen and oxygen atoms in total. The Morgan fingerprint density at radius 1 is 1.64 bits per heavy atom. The third-order valence-electron chi connectivity index (χ3n) is 1.25. The highest BCUT2D eigenvalue weighted by Crippen LogP contribution is 2.18. The van der Waals surface area contributed by atoms with Crippen LogP contribution in [0.4, 0.5) is 0 Å². The van der Waals surface area contributed by atoms with Crippen LogP contribution in [0, 0.1) is 0 Å². The second-order valence-corrected chi connectivity index (χ2v) is 3.51. The molecule has 1 aromatic heterocycles. The Balaban J connectivity index is 2.91. The van der Waals surface area contributed by atoms with Crippen molar-refractivity contribution in [2.24, 2.45) is 0 Å². The minimum absolute atomic E-state index is 0.0381. The number of nitrogens with zero attached hydrogens (tertiary/aromatic N) is 2. The quantitative estimate of drug-likeness (QED) is 0.405. The third kappa shape index (κ3) is 2.34. The van der Waals surface area contributed by atoms with Gasteiger partial charge in [-0.25, -0.2) is 9.97 Å².